The van der Waals surface area contributed by atoms with Crippen molar-refractivity contribution in [3.8, 4) is 11.4 Å². The molecule has 2 aliphatic heterocycles. The van der Waals surface area contributed by atoms with Gasteiger partial charge in [-0.2, -0.15) is 18.2 Å². The van der Waals surface area contributed by atoms with Crippen LogP contribution < -0.4 is 16.0 Å². The largest absolute Gasteiger partial charge is 0.405 e. The van der Waals surface area contributed by atoms with Crippen LogP contribution in [0.2, 0.25) is 0 Å². The molecule has 0 atom stereocenters. The second kappa shape index (κ2) is 9.55. The van der Waals surface area contributed by atoms with Gasteiger partial charge >= 0.3 is 6.18 Å². The number of aromatic nitrogens is 4. The number of amides is 1. The van der Waals surface area contributed by atoms with Crippen LogP contribution in [-0.4, -0.2) is 45.1 Å². The number of aromatic amines is 1. The van der Waals surface area contributed by atoms with Gasteiger partial charge in [-0.05, 0) is 42.5 Å². The number of rotatable bonds is 8. The van der Waals surface area contributed by atoms with E-state index in [2.05, 4.69) is 35.9 Å². The number of fused-ring (bicyclic) bond motifs is 1. The third kappa shape index (κ3) is 5.97. The molecule has 0 bridgehead atoms. The molecule has 1 aromatic heterocycles. The molecule has 0 unspecified atom stereocenters. The molecule has 0 saturated heterocycles. The maximum atomic E-state index is 12.6. The summed E-state index contributed by atoms with van der Waals surface area (Å²) < 4.78 is 37.9. The van der Waals surface area contributed by atoms with Gasteiger partial charge < -0.3 is 20.9 Å². The Hall–Kier alpha value is -4.15. The summed E-state index contributed by atoms with van der Waals surface area (Å²) in [5.74, 6) is 0.438. The molecule has 3 heterocycles. The van der Waals surface area contributed by atoms with Gasteiger partial charge in [0.25, 0.3) is 5.91 Å². The Balaban J connectivity index is 1.39. The van der Waals surface area contributed by atoms with Crippen LogP contribution >= 0.6 is 0 Å². The molecule has 4 N–H and O–H groups in total. The molecular formula is C22H20F3N7O. The smallest absolute Gasteiger partial charge is 0.360 e. The predicted molar refractivity (Wildman–Crippen MR) is 118 cm³/mol. The number of hydrogen-bond acceptors (Lipinski definition) is 6. The maximum Gasteiger partial charge on any atom is 0.405 e. The van der Waals surface area contributed by atoms with Crippen LogP contribution in [0.3, 0.4) is 0 Å². The average molecular weight is 455 g/mol. The lowest BCUT2D eigenvalue weighted by molar-refractivity contribution is -0.115. The Morgan fingerprint density at radius 3 is 2.55 bits per heavy atom. The number of pyridine rings is 1. The highest BCUT2D eigenvalue weighted by Crippen LogP contribution is 2.29. The molecule has 4 rings (SSSR count). The predicted octanol–water partition coefficient (Wildman–Crippen LogP) is 3.99. The Bertz CT molecular complexity index is 1180. The molecule has 2 aromatic rings. The molecule has 0 spiro atoms. The van der Waals surface area contributed by atoms with Gasteiger partial charge in [0, 0.05) is 42.3 Å². The standard InChI is InChI=1S/C22H20F3N7O/c23-22(24,25)13-29-19-17-9-12-27-18(17)31-21(32-19)30-16-6-4-14(5-7-16)20(33)28-11-8-15-3-1-2-10-26-15/h1-7,9-10,12H,8,11,13H2,(H,28,33)(H3,27,29,30,31,32). The van der Waals surface area contributed by atoms with Crippen molar-refractivity contribution in [3.63, 3.8) is 0 Å². The lowest BCUT2D eigenvalue weighted by Crippen LogP contribution is -2.25. The van der Waals surface area contributed by atoms with Gasteiger partial charge in [-0.1, -0.05) is 6.07 Å². The summed E-state index contributed by atoms with van der Waals surface area (Å²) in [6.07, 6.45) is -0.575. The highest BCUT2D eigenvalue weighted by Gasteiger charge is 2.28. The number of nitrogens with one attached hydrogen (secondary N) is 4. The molecule has 8 nitrogen and oxygen atoms in total. The van der Waals surface area contributed by atoms with Crippen LogP contribution in [0.25, 0.3) is 11.4 Å². The first-order valence-electron chi connectivity index (χ1n) is 10.1. The second-order valence-corrected chi connectivity index (χ2v) is 7.14. The topological polar surface area (TPSA) is 108 Å². The molecule has 2 aliphatic rings. The first kappa shape index (κ1) is 22.1. The van der Waals surface area contributed by atoms with E-state index in [0.29, 0.717) is 35.6 Å². The fourth-order valence-electron chi connectivity index (χ4n) is 3.11. The van der Waals surface area contributed by atoms with Gasteiger partial charge in [-0.25, -0.2) is 4.98 Å². The van der Waals surface area contributed by atoms with Crippen molar-refractivity contribution in [2.45, 2.75) is 12.6 Å². The van der Waals surface area contributed by atoms with Crippen LogP contribution in [0.4, 0.5) is 30.6 Å². The highest BCUT2D eigenvalue weighted by molar-refractivity contribution is 5.94. The van der Waals surface area contributed by atoms with Crippen molar-refractivity contribution in [2.24, 2.45) is 0 Å². The van der Waals surface area contributed by atoms with E-state index in [9.17, 15) is 18.0 Å². The van der Waals surface area contributed by atoms with E-state index in [0.717, 1.165) is 5.69 Å². The van der Waals surface area contributed by atoms with Crippen molar-refractivity contribution in [1.82, 2.24) is 25.3 Å². The number of carbonyl (C=O) groups excluding carboxylic acids is 1. The zero-order chi connectivity index (χ0) is 23.3. The third-order valence-electron chi connectivity index (χ3n) is 4.67. The second-order valence-electron chi connectivity index (χ2n) is 7.14. The summed E-state index contributed by atoms with van der Waals surface area (Å²) in [6.45, 7) is -0.761. The Morgan fingerprint density at radius 2 is 1.82 bits per heavy atom. The number of carbonyl (C=O) groups is 1. The molecular weight excluding hydrogens is 435 g/mol. The Kier molecular flexibility index (Phi) is 6.38. The first-order chi connectivity index (χ1) is 15.9. The van der Waals surface area contributed by atoms with E-state index >= 15 is 0 Å². The minimum Gasteiger partial charge on any atom is -0.360 e. The highest BCUT2D eigenvalue weighted by atomic mass is 19.4. The minimum atomic E-state index is -4.38. The van der Waals surface area contributed by atoms with E-state index in [1.807, 2.05) is 18.2 Å². The van der Waals surface area contributed by atoms with E-state index in [1.54, 1.807) is 36.5 Å². The minimum absolute atomic E-state index is 0.0602. The Labute approximate surface area is 187 Å². The van der Waals surface area contributed by atoms with Gasteiger partial charge in [0.1, 0.15) is 18.2 Å². The monoisotopic (exact) mass is 455 g/mol. The summed E-state index contributed by atoms with van der Waals surface area (Å²) in [5, 5.41) is 8.13. The van der Waals surface area contributed by atoms with Crippen molar-refractivity contribution in [1.29, 1.82) is 0 Å². The number of halogens is 3. The average Bonchev–Trinajstić information content (AvgIpc) is 3.27. The summed E-state index contributed by atoms with van der Waals surface area (Å²) in [5.41, 5.74) is 2.40. The molecule has 0 radical (unpaired) electrons. The molecule has 11 heteroatoms. The fraction of sp³-hybridized carbons (Fsp3) is 0.182. The van der Waals surface area contributed by atoms with Gasteiger partial charge in [0.2, 0.25) is 5.95 Å². The van der Waals surface area contributed by atoms with Crippen molar-refractivity contribution < 1.29 is 18.0 Å². The van der Waals surface area contributed by atoms with Gasteiger partial charge in [0.05, 0.1) is 5.56 Å². The molecule has 1 aromatic carbocycles. The third-order valence-corrected chi connectivity index (χ3v) is 4.67. The summed E-state index contributed by atoms with van der Waals surface area (Å²) >= 11 is 0. The van der Waals surface area contributed by atoms with E-state index < -0.39 is 12.7 Å². The molecule has 0 fully saturated rings. The number of H-pyrrole nitrogens is 1. The van der Waals surface area contributed by atoms with E-state index in [1.165, 1.54) is 6.20 Å². The lowest BCUT2D eigenvalue weighted by Gasteiger charge is -2.14. The molecule has 0 saturated carbocycles. The molecule has 0 aliphatic carbocycles. The van der Waals surface area contributed by atoms with Crippen molar-refractivity contribution in [3.05, 3.63) is 72.2 Å². The summed E-state index contributed by atoms with van der Waals surface area (Å²) in [4.78, 5) is 27.8. The maximum absolute atomic E-state index is 12.6. The SMILES string of the molecule is O=C(NCCc1ccccn1)c1ccc(Nc2nc(NCC(F)(F)F)c3ccnc-3[nH]2)cc1. The fourth-order valence-corrected chi connectivity index (χ4v) is 3.11. The number of anilines is 3. The van der Waals surface area contributed by atoms with Crippen molar-refractivity contribution in [2.75, 3.05) is 23.7 Å². The number of nitrogens with zero attached hydrogens (tertiary/aromatic N) is 3. The van der Waals surface area contributed by atoms with E-state index in [4.69, 9.17) is 0 Å². The van der Waals surface area contributed by atoms with Crippen LogP contribution in [0.15, 0.2) is 60.9 Å². The van der Waals surface area contributed by atoms with Crippen LogP contribution in [0.5, 0.6) is 0 Å². The number of benzene rings is 1. The zero-order valence-electron chi connectivity index (χ0n) is 17.3. The number of hydrogen-bond donors (Lipinski definition) is 4. The Morgan fingerprint density at radius 1 is 1.00 bits per heavy atom. The molecule has 170 valence electrons. The normalized spacial score (nSPS) is 11.4. The first-order valence-corrected chi connectivity index (χ1v) is 10.1. The molecule has 33 heavy (non-hydrogen) atoms. The van der Waals surface area contributed by atoms with Crippen LogP contribution in [0.1, 0.15) is 16.1 Å². The van der Waals surface area contributed by atoms with E-state index in [-0.39, 0.29) is 17.7 Å². The number of alkyl halides is 3. The van der Waals surface area contributed by atoms with Gasteiger partial charge in [-0.3, -0.25) is 9.78 Å². The zero-order valence-corrected chi connectivity index (χ0v) is 17.3. The lowest BCUT2D eigenvalue weighted by atomic mass is 10.2. The van der Waals surface area contributed by atoms with Crippen LogP contribution in [0, 0.1) is 0 Å². The summed E-state index contributed by atoms with van der Waals surface area (Å²) in [7, 11) is 0. The summed E-state index contributed by atoms with van der Waals surface area (Å²) in [6, 6.07) is 13.8. The molecule has 1 amide bonds. The van der Waals surface area contributed by atoms with Crippen LogP contribution in [-0.2, 0) is 6.42 Å². The van der Waals surface area contributed by atoms with Crippen molar-refractivity contribution >= 4 is 23.4 Å². The quantitative estimate of drug-likeness (QED) is 0.320. The van der Waals surface area contributed by atoms with Gasteiger partial charge in [0.15, 0.2) is 0 Å². The van der Waals surface area contributed by atoms with Gasteiger partial charge in [-0.15, -0.1) is 0 Å².